The Kier molecular flexibility index (Phi) is 10.1. The van der Waals surface area contributed by atoms with Gasteiger partial charge in [0.15, 0.2) is 5.71 Å². The Morgan fingerprint density at radius 1 is 1.09 bits per heavy atom. The van der Waals surface area contributed by atoms with Gasteiger partial charge in [0, 0.05) is 35.2 Å². The fourth-order valence-electron chi connectivity index (χ4n) is 6.44. The fourth-order valence-corrected chi connectivity index (χ4v) is 6.94. The number of benzene rings is 1. The minimum absolute atomic E-state index is 0.209. The molecule has 1 atom stereocenters. The number of carbonyl (C=O) groups is 1. The van der Waals surface area contributed by atoms with Crippen LogP contribution in [0.15, 0.2) is 77.6 Å². The van der Waals surface area contributed by atoms with E-state index >= 15 is 0 Å². The van der Waals surface area contributed by atoms with Gasteiger partial charge >= 0.3 is 5.82 Å². The Balaban J connectivity index is 1.66. The van der Waals surface area contributed by atoms with Crippen molar-refractivity contribution < 1.29 is 22.3 Å². The summed E-state index contributed by atoms with van der Waals surface area (Å²) in [6.07, 6.45) is 14.7. The first-order chi connectivity index (χ1) is 21.0. The number of aryl methyl sites for hydroxylation is 2. The molecule has 45 heavy (non-hydrogen) atoms. The largest absolute Gasteiger partial charge is 0.344 e. The number of allylic oxidation sites excluding steroid dienone is 6. The summed E-state index contributed by atoms with van der Waals surface area (Å²) < 4.78 is 34.7. The van der Waals surface area contributed by atoms with Crippen LogP contribution < -0.4 is 9.47 Å². The number of rotatable bonds is 12. The molecular weight excluding hydrogens is 582 g/mol. The average molecular weight is 633 g/mol. The summed E-state index contributed by atoms with van der Waals surface area (Å²) in [6.45, 7) is 18.1. The third-order valence-electron chi connectivity index (χ3n) is 9.10. The number of aliphatic imine (C=N–C) groups is 1. The van der Waals surface area contributed by atoms with Gasteiger partial charge in [0.25, 0.3) is 10.1 Å². The molecule has 0 amide bonds. The Bertz CT molecular complexity index is 1680. The lowest BCUT2D eigenvalue weighted by atomic mass is 9.75. The van der Waals surface area contributed by atoms with Gasteiger partial charge in [-0.15, -0.1) is 0 Å². The van der Waals surface area contributed by atoms with Gasteiger partial charge in [-0.3, -0.25) is 9.35 Å². The molecule has 7 nitrogen and oxygen atoms in total. The number of nitrogens with zero attached hydrogens (tertiary/aromatic N) is 3. The third kappa shape index (κ3) is 7.55. The Morgan fingerprint density at radius 2 is 1.80 bits per heavy atom. The molecule has 1 N–H and O–H groups in total. The smallest absolute Gasteiger partial charge is 0.327 e. The van der Waals surface area contributed by atoms with Crippen molar-refractivity contribution >= 4 is 33.1 Å². The predicted octanol–water partition coefficient (Wildman–Crippen LogP) is 7.50. The SMILES string of the molecule is CCC[n+]1cc(C)cc2c1N=C(/C=C/C=C/C=C1/N(CCCS(=O)(=O)O)c3ccccc3C1(C)CCC(=O)C(C)(C)C)C2(C)C. The number of carbonyl (C=O) groups excluding carboxylic acids is 1. The molecule has 0 radical (unpaired) electrons. The highest BCUT2D eigenvalue weighted by Gasteiger charge is 2.44. The Hall–Kier alpha value is -3.36. The van der Waals surface area contributed by atoms with Gasteiger partial charge in [0.05, 0.1) is 29.5 Å². The van der Waals surface area contributed by atoms with Gasteiger partial charge in [-0.1, -0.05) is 64.1 Å². The highest BCUT2D eigenvalue weighted by molar-refractivity contribution is 7.85. The zero-order valence-electron chi connectivity index (χ0n) is 28.2. The van der Waals surface area contributed by atoms with Crippen molar-refractivity contribution in [2.75, 3.05) is 17.2 Å². The number of fused-ring (bicyclic) bond motifs is 2. The van der Waals surface area contributed by atoms with Crippen LogP contribution in [-0.2, 0) is 32.3 Å². The molecule has 4 rings (SSSR count). The molecule has 2 aromatic rings. The molecule has 0 saturated carbocycles. The van der Waals surface area contributed by atoms with E-state index in [0.717, 1.165) is 41.4 Å². The predicted molar refractivity (Wildman–Crippen MR) is 184 cm³/mol. The molecular formula is C37H50N3O4S+. The van der Waals surface area contributed by atoms with E-state index in [4.69, 9.17) is 4.99 Å². The maximum Gasteiger partial charge on any atom is 0.327 e. The molecule has 2 aliphatic heterocycles. The van der Waals surface area contributed by atoms with E-state index in [1.165, 1.54) is 11.1 Å². The van der Waals surface area contributed by atoms with Gasteiger partial charge in [-0.05, 0) is 87.4 Å². The van der Waals surface area contributed by atoms with Gasteiger partial charge in [0.1, 0.15) is 5.78 Å². The summed E-state index contributed by atoms with van der Waals surface area (Å²) in [5.74, 6) is 0.928. The standard InChI is InChI=1S/C37H49N3O4S/c1-9-22-39-26-27(2)25-29-34(39)38-31(36(29,6)7)18-11-10-12-19-32-37(8,21-20-33(41)35(3,4)5)28-16-13-14-17-30(28)40(32)23-15-24-45(42,43)44/h10-14,16-19,25-26H,9,15,20-24H2,1-8H3/p+1. The van der Waals surface area contributed by atoms with Crippen molar-refractivity contribution in [2.24, 2.45) is 10.4 Å². The summed E-state index contributed by atoms with van der Waals surface area (Å²) >= 11 is 0. The molecule has 3 heterocycles. The number of ketones is 1. The minimum atomic E-state index is -4.07. The van der Waals surface area contributed by atoms with E-state index in [9.17, 15) is 17.8 Å². The first-order valence-corrected chi connectivity index (χ1v) is 17.6. The van der Waals surface area contributed by atoms with Gasteiger partial charge in [-0.25, -0.2) is 4.57 Å². The summed E-state index contributed by atoms with van der Waals surface area (Å²) in [5, 5.41) is 0. The van der Waals surface area contributed by atoms with Crippen molar-refractivity contribution in [1.82, 2.24) is 0 Å². The summed E-state index contributed by atoms with van der Waals surface area (Å²) in [4.78, 5) is 20.2. The van der Waals surface area contributed by atoms with E-state index in [-0.39, 0.29) is 23.4 Å². The number of hydrogen-bond acceptors (Lipinski definition) is 5. The maximum atomic E-state index is 13.0. The lowest BCUT2D eigenvalue weighted by Gasteiger charge is -2.31. The van der Waals surface area contributed by atoms with Crippen LogP contribution in [0.1, 0.15) is 90.8 Å². The molecule has 1 aromatic heterocycles. The van der Waals surface area contributed by atoms with E-state index in [1.54, 1.807) is 0 Å². The van der Waals surface area contributed by atoms with Crippen molar-refractivity contribution in [3.63, 3.8) is 0 Å². The van der Waals surface area contributed by atoms with Crippen LogP contribution in [0.2, 0.25) is 0 Å². The van der Waals surface area contributed by atoms with Crippen LogP contribution in [0.3, 0.4) is 0 Å². The highest BCUT2D eigenvalue weighted by atomic mass is 32.2. The lowest BCUT2D eigenvalue weighted by Crippen LogP contribution is -2.35. The van der Waals surface area contributed by atoms with Crippen LogP contribution in [-0.4, -0.2) is 36.8 Å². The van der Waals surface area contributed by atoms with Crippen LogP contribution in [0.25, 0.3) is 0 Å². The van der Waals surface area contributed by atoms with Crippen molar-refractivity contribution in [1.29, 1.82) is 0 Å². The summed E-state index contributed by atoms with van der Waals surface area (Å²) in [6, 6.07) is 10.4. The monoisotopic (exact) mass is 632 g/mol. The van der Waals surface area contributed by atoms with Gasteiger partial charge in [-0.2, -0.15) is 8.42 Å². The number of hydrogen-bond donors (Lipinski definition) is 1. The minimum Gasteiger partial charge on any atom is -0.344 e. The summed E-state index contributed by atoms with van der Waals surface area (Å²) in [5.41, 5.74) is 5.52. The molecule has 1 unspecified atom stereocenters. The molecule has 0 bridgehead atoms. The van der Waals surface area contributed by atoms with E-state index in [2.05, 4.69) is 74.6 Å². The van der Waals surface area contributed by atoms with E-state index in [0.29, 0.717) is 19.4 Å². The molecule has 242 valence electrons. The second-order valence-corrected chi connectivity index (χ2v) is 15.8. The molecule has 0 spiro atoms. The zero-order chi connectivity index (χ0) is 33.2. The number of para-hydroxylation sites is 1. The van der Waals surface area contributed by atoms with Gasteiger partial charge < -0.3 is 4.90 Å². The first-order valence-electron chi connectivity index (χ1n) is 16.0. The highest BCUT2D eigenvalue weighted by Crippen LogP contribution is 2.50. The quantitative estimate of drug-likeness (QED) is 0.149. The average Bonchev–Trinajstić information content (AvgIpc) is 3.33. The van der Waals surface area contributed by atoms with Crippen LogP contribution in [0, 0.1) is 12.3 Å². The van der Waals surface area contributed by atoms with Crippen LogP contribution in [0.5, 0.6) is 0 Å². The molecule has 2 aliphatic rings. The second kappa shape index (κ2) is 13.2. The van der Waals surface area contributed by atoms with Crippen molar-refractivity contribution in [3.05, 3.63) is 89.3 Å². The number of Topliss-reactive ketones (excluding diaryl/α,β-unsaturated/α-hetero) is 1. The molecule has 0 aliphatic carbocycles. The summed E-state index contributed by atoms with van der Waals surface area (Å²) in [7, 11) is -4.07. The third-order valence-corrected chi connectivity index (χ3v) is 9.90. The topological polar surface area (TPSA) is 90.9 Å². The molecule has 0 fully saturated rings. The van der Waals surface area contributed by atoms with Crippen LogP contribution >= 0.6 is 0 Å². The Labute approximate surface area is 270 Å². The zero-order valence-corrected chi connectivity index (χ0v) is 29.0. The fraction of sp³-hybridized carbons (Fsp3) is 0.486. The normalized spacial score (nSPS) is 20.3. The Morgan fingerprint density at radius 3 is 2.47 bits per heavy atom. The number of pyridine rings is 1. The molecule has 8 heteroatoms. The van der Waals surface area contributed by atoms with Gasteiger partial charge in [0.2, 0.25) is 0 Å². The lowest BCUT2D eigenvalue weighted by molar-refractivity contribution is -0.684. The molecule has 0 saturated heterocycles. The van der Waals surface area contributed by atoms with Crippen molar-refractivity contribution in [3.8, 4) is 0 Å². The number of anilines is 1. The molecule has 1 aromatic carbocycles. The van der Waals surface area contributed by atoms with Crippen molar-refractivity contribution in [2.45, 2.75) is 98.4 Å². The van der Waals surface area contributed by atoms with E-state index < -0.39 is 20.9 Å². The van der Waals surface area contributed by atoms with Crippen LogP contribution in [0.4, 0.5) is 11.5 Å². The van der Waals surface area contributed by atoms with E-state index in [1.807, 2.05) is 57.2 Å². The maximum absolute atomic E-state index is 13.0. The number of aromatic nitrogens is 1. The second-order valence-electron chi connectivity index (χ2n) is 14.2. The first kappa shape index (κ1) is 34.5.